The first-order valence-corrected chi connectivity index (χ1v) is 9.74. The number of nitrogens with zero attached hydrogens (tertiary/aromatic N) is 2. The van der Waals surface area contributed by atoms with E-state index < -0.39 is 10.0 Å². The first-order chi connectivity index (χ1) is 9.98. The van der Waals surface area contributed by atoms with Crippen LogP contribution < -0.4 is 5.73 Å². The third-order valence-electron chi connectivity index (χ3n) is 4.18. The molecule has 2 rings (SSSR count). The van der Waals surface area contributed by atoms with Gasteiger partial charge in [-0.3, -0.25) is 0 Å². The fraction of sp³-hybridized carbons (Fsp3) is 0.714. The summed E-state index contributed by atoms with van der Waals surface area (Å²) in [5.74, 6) is 0. The Morgan fingerprint density at radius 3 is 2.62 bits per heavy atom. The summed E-state index contributed by atoms with van der Waals surface area (Å²) < 4.78 is 27.4. The van der Waals surface area contributed by atoms with Gasteiger partial charge in [0.05, 0.1) is 0 Å². The Balaban J connectivity index is 2.07. The Kier molecular flexibility index (Phi) is 5.79. The van der Waals surface area contributed by atoms with Crippen LogP contribution in [-0.2, 0) is 16.4 Å². The molecule has 0 aromatic carbocycles. The molecule has 0 saturated carbocycles. The predicted octanol–water partition coefficient (Wildman–Crippen LogP) is 1.35. The fourth-order valence-corrected chi connectivity index (χ4v) is 5.68. The molecular formula is C14H25N3O2S2. The molecule has 1 fully saturated rings. The van der Waals surface area contributed by atoms with Crippen LogP contribution in [0, 0.1) is 0 Å². The number of piperidine rings is 1. The Hall–Kier alpha value is -0.470. The fourth-order valence-electron chi connectivity index (χ4n) is 2.71. The smallest absolute Gasteiger partial charge is 0.252 e. The zero-order chi connectivity index (χ0) is 15.5. The highest BCUT2D eigenvalue weighted by atomic mass is 32.2. The monoisotopic (exact) mass is 331 g/mol. The van der Waals surface area contributed by atoms with E-state index in [9.17, 15) is 8.42 Å². The van der Waals surface area contributed by atoms with Crippen LogP contribution in [0.15, 0.2) is 16.3 Å². The Morgan fingerprint density at radius 2 is 2.05 bits per heavy atom. The van der Waals surface area contributed by atoms with Gasteiger partial charge in [0, 0.05) is 18.0 Å². The van der Waals surface area contributed by atoms with Crippen LogP contribution in [-0.4, -0.2) is 56.9 Å². The molecule has 7 heteroatoms. The number of hydrogen-bond donors (Lipinski definition) is 1. The van der Waals surface area contributed by atoms with Gasteiger partial charge in [-0.1, -0.05) is 6.92 Å². The molecular weight excluding hydrogens is 306 g/mol. The molecule has 0 atom stereocenters. The average molecular weight is 332 g/mol. The summed E-state index contributed by atoms with van der Waals surface area (Å²) in [5, 5.41) is 0. The molecule has 0 aliphatic carbocycles. The third-order valence-corrected chi connectivity index (χ3v) is 7.70. The zero-order valence-corrected chi connectivity index (χ0v) is 14.4. The lowest BCUT2D eigenvalue weighted by Crippen LogP contribution is -2.45. The standard InChI is InChI=1S/C14H25N3O2S2/c1-3-17-10-7-12(8-11-17)16(2)21(18,19)14-5-4-13(20-14)6-9-15/h4-5,12H,3,6-11,15H2,1-2H3. The van der Waals surface area contributed by atoms with Crippen molar-refractivity contribution >= 4 is 21.4 Å². The molecule has 2 N–H and O–H groups in total. The molecule has 1 aliphatic rings. The van der Waals surface area contributed by atoms with Gasteiger partial charge in [0.1, 0.15) is 4.21 Å². The van der Waals surface area contributed by atoms with Crippen molar-refractivity contribution in [2.24, 2.45) is 5.73 Å². The first kappa shape index (κ1) is 16.9. The summed E-state index contributed by atoms with van der Waals surface area (Å²) in [6, 6.07) is 3.69. The quantitative estimate of drug-likeness (QED) is 0.854. The lowest BCUT2D eigenvalue weighted by molar-refractivity contribution is 0.176. The van der Waals surface area contributed by atoms with Crippen LogP contribution in [0.1, 0.15) is 24.6 Å². The van der Waals surface area contributed by atoms with Crippen molar-refractivity contribution in [1.82, 2.24) is 9.21 Å². The van der Waals surface area contributed by atoms with Gasteiger partial charge in [0.2, 0.25) is 0 Å². The van der Waals surface area contributed by atoms with E-state index in [1.807, 2.05) is 6.07 Å². The second-order valence-corrected chi connectivity index (χ2v) is 8.84. The molecule has 5 nitrogen and oxygen atoms in total. The van der Waals surface area contributed by atoms with Crippen molar-refractivity contribution in [1.29, 1.82) is 0 Å². The van der Waals surface area contributed by atoms with Crippen LogP contribution >= 0.6 is 11.3 Å². The second-order valence-electron chi connectivity index (χ2n) is 5.45. The minimum atomic E-state index is -3.37. The summed E-state index contributed by atoms with van der Waals surface area (Å²) >= 11 is 1.34. The summed E-state index contributed by atoms with van der Waals surface area (Å²) in [7, 11) is -1.66. The molecule has 120 valence electrons. The van der Waals surface area contributed by atoms with Crippen molar-refractivity contribution < 1.29 is 8.42 Å². The summed E-state index contributed by atoms with van der Waals surface area (Å²) in [6.07, 6.45) is 2.55. The minimum Gasteiger partial charge on any atom is -0.330 e. The van der Waals surface area contributed by atoms with Crippen molar-refractivity contribution in [2.45, 2.75) is 36.4 Å². The molecule has 1 aliphatic heterocycles. The minimum absolute atomic E-state index is 0.109. The first-order valence-electron chi connectivity index (χ1n) is 7.48. The number of nitrogens with two attached hydrogens (primary N) is 1. The summed E-state index contributed by atoms with van der Waals surface area (Å²) in [6.45, 7) is 5.68. The lowest BCUT2D eigenvalue weighted by Gasteiger charge is -2.35. The maximum atomic E-state index is 12.7. The van der Waals surface area contributed by atoms with Gasteiger partial charge in [-0.05, 0) is 57.6 Å². The van der Waals surface area contributed by atoms with Gasteiger partial charge in [0.15, 0.2) is 0 Å². The molecule has 1 saturated heterocycles. The van der Waals surface area contributed by atoms with E-state index in [0.29, 0.717) is 10.8 Å². The van der Waals surface area contributed by atoms with Crippen molar-refractivity contribution in [3.8, 4) is 0 Å². The van der Waals surface area contributed by atoms with Crippen LogP contribution in [0.3, 0.4) is 0 Å². The van der Waals surface area contributed by atoms with Gasteiger partial charge in [-0.25, -0.2) is 8.42 Å². The largest absolute Gasteiger partial charge is 0.330 e. The molecule has 0 spiro atoms. The molecule has 2 heterocycles. The van der Waals surface area contributed by atoms with Gasteiger partial charge in [-0.15, -0.1) is 11.3 Å². The van der Waals surface area contributed by atoms with E-state index in [4.69, 9.17) is 5.73 Å². The lowest BCUT2D eigenvalue weighted by atomic mass is 10.1. The topological polar surface area (TPSA) is 66.6 Å². The SMILES string of the molecule is CCN1CCC(N(C)S(=O)(=O)c2ccc(CCN)s2)CC1. The predicted molar refractivity (Wildman–Crippen MR) is 87.2 cm³/mol. The van der Waals surface area contributed by atoms with E-state index >= 15 is 0 Å². The van der Waals surface area contributed by atoms with Crippen molar-refractivity contribution in [3.05, 3.63) is 17.0 Å². The van der Waals surface area contributed by atoms with Gasteiger partial charge < -0.3 is 10.6 Å². The van der Waals surface area contributed by atoms with E-state index in [0.717, 1.165) is 43.8 Å². The van der Waals surface area contributed by atoms with E-state index in [1.54, 1.807) is 17.4 Å². The Bertz CT molecular complexity index is 548. The highest BCUT2D eigenvalue weighted by molar-refractivity contribution is 7.91. The van der Waals surface area contributed by atoms with E-state index in [1.165, 1.54) is 11.3 Å². The van der Waals surface area contributed by atoms with Gasteiger partial charge in [0.25, 0.3) is 10.0 Å². The summed E-state index contributed by atoms with van der Waals surface area (Å²) in [5.41, 5.74) is 5.52. The van der Waals surface area contributed by atoms with Crippen LogP contribution in [0.25, 0.3) is 0 Å². The Morgan fingerprint density at radius 1 is 1.38 bits per heavy atom. The molecule has 1 aromatic rings. The number of sulfonamides is 1. The highest BCUT2D eigenvalue weighted by Gasteiger charge is 2.31. The number of likely N-dealkylation sites (tertiary alicyclic amines) is 1. The molecule has 0 bridgehead atoms. The molecule has 0 unspecified atom stereocenters. The number of thiophene rings is 1. The number of rotatable bonds is 6. The second kappa shape index (κ2) is 7.19. The van der Waals surface area contributed by atoms with Crippen LogP contribution in [0.4, 0.5) is 0 Å². The van der Waals surface area contributed by atoms with Gasteiger partial charge in [-0.2, -0.15) is 4.31 Å². The molecule has 0 amide bonds. The van der Waals surface area contributed by atoms with Crippen LogP contribution in [0.5, 0.6) is 0 Å². The van der Waals surface area contributed by atoms with Crippen LogP contribution in [0.2, 0.25) is 0 Å². The van der Waals surface area contributed by atoms with Gasteiger partial charge >= 0.3 is 0 Å². The normalized spacial score (nSPS) is 18.5. The maximum Gasteiger partial charge on any atom is 0.252 e. The molecule has 0 radical (unpaired) electrons. The third kappa shape index (κ3) is 3.84. The summed E-state index contributed by atoms with van der Waals surface area (Å²) in [4.78, 5) is 3.40. The highest BCUT2D eigenvalue weighted by Crippen LogP contribution is 2.28. The Labute approximate surface area is 131 Å². The number of hydrogen-bond acceptors (Lipinski definition) is 5. The van der Waals surface area contributed by atoms with E-state index in [-0.39, 0.29) is 6.04 Å². The van der Waals surface area contributed by atoms with Crippen molar-refractivity contribution in [3.63, 3.8) is 0 Å². The van der Waals surface area contributed by atoms with E-state index in [2.05, 4.69) is 11.8 Å². The zero-order valence-electron chi connectivity index (χ0n) is 12.8. The average Bonchev–Trinajstić information content (AvgIpc) is 2.96. The molecule has 1 aromatic heterocycles. The maximum absolute atomic E-state index is 12.7. The van der Waals surface area contributed by atoms with Crippen molar-refractivity contribution in [2.75, 3.05) is 33.2 Å². The molecule has 21 heavy (non-hydrogen) atoms.